The number of carbonyl (C=O) groups excluding carboxylic acids is 1. The first kappa shape index (κ1) is 24.0. The van der Waals surface area contributed by atoms with E-state index in [0.29, 0.717) is 36.6 Å². The summed E-state index contributed by atoms with van der Waals surface area (Å²) in [6.45, 7) is 11.5. The molecule has 0 radical (unpaired) electrons. The van der Waals surface area contributed by atoms with Crippen LogP contribution in [0.1, 0.15) is 31.9 Å². The van der Waals surface area contributed by atoms with Gasteiger partial charge in [0.05, 0.1) is 0 Å². The Morgan fingerprint density at radius 3 is 1.97 bits per heavy atom. The standard InChI is InChI=1S/C15H22FN3O2.C6H5BrFN/c1-11-9-12(16)17-13(10-11)18-5-7-19(8-6-18)14(20)21-15(2,3)4;1-4-2-5(7)9-6(8)3-4/h9-10H,5-8H2,1-4H3;2-3H,1H3. The lowest BCUT2D eigenvalue weighted by atomic mass is 10.2. The van der Waals surface area contributed by atoms with Crippen LogP contribution in [0.2, 0.25) is 0 Å². The number of piperazine rings is 1. The Balaban J connectivity index is 0.000000297. The highest BCUT2D eigenvalue weighted by Gasteiger charge is 2.26. The van der Waals surface area contributed by atoms with E-state index >= 15 is 0 Å². The molecular formula is C21H27BrF2N4O2. The number of hydrogen-bond donors (Lipinski definition) is 0. The van der Waals surface area contributed by atoms with Crippen LogP contribution in [-0.4, -0.2) is 52.7 Å². The second kappa shape index (κ2) is 10.1. The number of carbonyl (C=O) groups is 1. The Morgan fingerprint density at radius 1 is 0.967 bits per heavy atom. The minimum absolute atomic E-state index is 0.300. The van der Waals surface area contributed by atoms with Gasteiger partial charge in [0.15, 0.2) is 0 Å². The molecule has 9 heteroatoms. The van der Waals surface area contributed by atoms with E-state index in [2.05, 4.69) is 25.9 Å². The van der Waals surface area contributed by atoms with E-state index < -0.39 is 17.5 Å². The maximum atomic E-state index is 13.4. The number of amides is 1. The fraction of sp³-hybridized carbons (Fsp3) is 0.476. The van der Waals surface area contributed by atoms with Crippen molar-refractivity contribution in [2.75, 3.05) is 31.1 Å². The fourth-order valence-corrected chi connectivity index (χ4v) is 3.33. The third kappa shape index (κ3) is 7.85. The lowest BCUT2D eigenvalue weighted by molar-refractivity contribution is 0.0240. The van der Waals surface area contributed by atoms with Crippen LogP contribution in [0.15, 0.2) is 28.9 Å². The van der Waals surface area contributed by atoms with Gasteiger partial charge in [-0.25, -0.2) is 14.8 Å². The van der Waals surface area contributed by atoms with Gasteiger partial charge in [0.1, 0.15) is 16.0 Å². The van der Waals surface area contributed by atoms with E-state index in [1.165, 1.54) is 12.1 Å². The van der Waals surface area contributed by atoms with Crippen molar-refractivity contribution in [2.24, 2.45) is 0 Å². The number of aryl methyl sites for hydroxylation is 2. The van der Waals surface area contributed by atoms with Crippen molar-refractivity contribution in [1.82, 2.24) is 14.9 Å². The zero-order valence-corrected chi connectivity index (χ0v) is 19.5. The molecule has 0 aliphatic carbocycles. The van der Waals surface area contributed by atoms with Crippen molar-refractivity contribution in [2.45, 2.75) is 40.2 Å². The van der Waals surface area contributed by atoms with Gasteiger partial charge in [-0.15, -0.1) is 0 Å². The number of anilines is 1. The lowest BCUT2D eigenvalue weighted by Gasteiger charge is -2.36. The summed E-state index contributed by atoms with van der Waals surface area (Å²) < 4.78 is 31.5. The van der Waals surface area contributed by atoms with Gasteiger partial charge in [-0.1, -0.05) is 0 Å². The molecule has 0 aromatic carbocycles. The molecule has 3 heterocycles. The summed E-state index contributed by atoms with van der Waals surface area (Å²) in [7, 11) is 0. The summed E-state index contributed by atoms with van der Waals surface area (Å²) in [4.78, 5) is 23.0. The topological polar surface area (TPSA) is 58.6 Å². The van der Waals surface area contributed by atoms with Crippen LogP contribution < -0.4 is 4.90 Å². The summed E-state index contributed by atoms with van der Waals surface area (Å²) >= 11 is 3.06. The Morgan fingerprint density at radius 2 is 1.50 bits per heavy atom. The first-order chi connectivity index (χ1) is 13.9. The zero-order valence-electron chi connectivity index (χ0n) is 17.9. The molecule has 0 spiro atoms. The van der Waals surface area contributed by atoms with Crippen LogP contribution in [0.25, 0.3) is 0 Å². The van der Waals surface area contributed by atoms with E-state index in [-0.39, 0.29) is 6.09 Å². The van der Waals surface area contributed by atoms with Gasteiger partial charge in [-0.3, -0.25) is 0 Å². The number of pyridine rings is 2. The van der Waals surface area contributed by atoms with Crippen LogP contribution in [0.4, 0.5) is 19.4 Å². The Bertz CT molecular complexity index is 811. The third-order valence-electron chi connectivity index (χ3n) is 4.09. The summed E-state index contributed by atoms with van der Waals surface area (Å²) in [5.74, 6) is -0.294. The van der Waals surface area contributed by atoms with Crippen molar-refractivity contribution in [3.63, 3.8) is 0 Å². The van der Waals surface area contributed by atoms with E-state index in [1.54, 1.807) is 11.0 Å². The molecule has 0 N–H and O–H groups in total. The molecule has 3 rings (SSSR count). The van der Waals surface area contributed by atoms with E-state index in [1.807, 2.05) is 45.6 Å². The molecule has 2 aromatic heterocycles. The summed E-state index contributed by atoms with van der Waals surface area (Å²) in [6, 6.07) is 6.39. The predicted octanol–water partition coefficient (Wildman–Crippen LogP) is 4.88. The van der Waals surface area contributed by atoms with Gasteiger partial charge in [-0.05, 0) is 85.9 Å². The highest BCUT2D eigenvalue weighted by molar-refractivity contribution is 9.10. The molecule has 2 aromatic rings. The third-order valence-corrected chi connectivity index (χ3v) is 4.49. The first-order valence-electron chi connectivity index (χ1n) is 9.60. The number of ether oxygens (including phenoxy) is 1. The number of rotatable bonds is 1. The van der Waals surface area contributed by atoms with Crippen LogP contribution in [0, 0.1) is 25.7 Å². The maximum Gasteiger partial charge on any atom is 0.410 e. The second-order valence-corrected chi connectivity index (χ2v) is 8.88. The molecule has 1 aliphatic heterocycles. The van der Waals surface area contributed by atoms with Gasteiger partial charge in [-0.2, -0.15) is 8.78 Å². The predicted molar refractivity (Wildman–Crippen MR) is 116 cm³/mol. The summed E-state index contributed by atoms with van der Waals surface area (Å²) in [5.41, 5.74) is 1.22. The maximum absolute atomic E-state index is 13.4. The molecule has 1 aliphatic rings. The Kier molecular flexibility index (Phi) is 8.11. The molecule has 164 valence electrons. The fourth-order valence-electron chi connectivity index (χ4n) is 2.80. The molecule has 1 amide bonds. The largest absolute Gasteiger partial charge is 0.444 e. The lowest BCUT2D eigenvalue weighted by Crippen LogP contribution is -2.50. The average Bonchev–Trinajstić information content (AvgIpc) is 2.59. The molecule has 0 atom stereocenters. The molecule has 0 bridgehead atoms. The van der Waals surface area contributed by atoms with Crippen LogP contribution in [0.3, 0.4) is 0 Å². The SMILES string of the molecule is Cc1cc(F)nc(Br)c1.Cc1cc(F)nc(N2CCN(C(=O)OC(C)(C)C)CC2)c1. The minimum Gasteiger partial charge on any atom is -0.444 e. The monoisotopic (exact) mass is 484 g/mol. The van der Waals surface area contributed by atoms with Crippen LogP contribution in [-0.2, 0) is 4.74 Å². The van der Waals surface area contributed by atoms with Crippen molar-refractivity contribution in [3.05, 3.63) is 51.9 Å². The average molecular weight is 485 g/mol. The zero-order chi connectivity index (χ0) is 22.5. The van der Waals surface area contributed by atoms with Gasteiger partial charge in [0, 0.05) is 26.2 Å². The highest BCUT2D eigenvalue weighted by Crippen LogP contribution is 2.18. The van der Waals surface area contributed by atoms with Gasteiger partial charge in [0.25, 0.3) is 0 Å². The second-order valence-electron chi connectivity index (χ2n) is 8.07. The van der Waals surface area contributed by atoms with Gasteiger partial charge < -0.3 is 14.5 Å². The van der Waals surface area contributed by atoms with Crippen molar-refractivity contribution in [1.29, 1.82) is 0 Å². The first-order valence-corrected chi connectivity index (χ1v) is 10.4. The molecule has 6 nitrogen and oxygen atoms in total. The van der Waals surface area contributed by atoms with Crippen molar-refractivity contribution in [3.8, 4) is 0 Å². The van der Waals surface area contributed by atoms with Crippen molar-refractivity contribution >= 4 is 27.8 Å². The molecule has 30 heavy (non-hydrogen) atoms. The van der Waals surface area contributed by atoms with E-state index in [0.717, 1.165) is 11.1 Å². The molecule has 1 fully saturated rings. The normalized spacial score (nSPS) is 14.1. The Labute approximate surface area is 184 Å². The number of aromatic nitrogens is 2. The van der Waals surface area contributed by atoms with E-state index in [9.17, 15) is 13.6 Å². The molecular weight excluding hydrogens is 458 g/mol. The molecule has 0 saturated carbocycles. The van der Waals surface area contributed by atoms with Gasteiger partial charge >= 0.3 is 6.09 Å². The van der Waals surface area contributed by atoms with Crippen molar-refractivity contribution < 1.29 is 18.3 Å². The van der Waals surface area contributed by atoms with Crippen LogP contribution >= 0.6 is 15.9 Å². The van der Waals surface area contributed by atoms with E-state index in [4.69, 9.17) is 4.74 Å². The molecule has 1 saturated heterocycles. The number of hydrogen-bond acceptors (Lipinski definition) is 5. The van der Waals surface area contributed by atoms with Crippen LogP contribution in [0.5, 0.6) is 0 Å². The summed E-state index contributed by atoms with van der Waals surface area (Å²) in [6.07, 6.45) is -0.300. The Hall–Kier alpha value is -2.29. The number of nitrogens with zero attached hydrogens (tertiary/aromatic N) is 4. The minimum atomic E-state index is -0.491. The number of halogens is 3. The van der Waals surface area contributed by atoms with Gasteiger partial charge in [0.2, 0.25) is 11.9 Å². The quantitative estimate of drug-likeness (QED) is 0.540. The molecule has 0 unspecified atom stereocenters. The smallest absolute Gasteiger partial charge is 0.410 e. The summed E-state index contributed by atoms with van der Waals surface area (Å²) in [5, 5.41) is 0. The highest BCUT2D eigenvalue weighted by atomic mass is 79.9.